The van der Waals surface area contributed by atoms with Gasteiger partial charge in [0.2, 0.25) is 10.0 Å². The van der Waals surface area contributed by atoms with Crippen LogP contribution in [0.3, 0.4) is 0 Å². The van der Waals surface area contributed by atoms with Crippen LogP contribution in [-0.4, -0.2) is 39.0 Å². The Morgan fingerprint density at radius 3 is 2.63 bits per heavy atom. The highest BCUT2D eigenvalue weighted by molar-refractivity contribution is 9.11. The summed E-state index contributed by atoms with van der Waals surface area (Å²) < 4.78 is 32.0. The molecule has 0 aliphatic rings. The second-order valence-corrected chi connectivity index (χ2v) is 8.77. The van der Waals surface area contributed by atoms with Gasteiger partial charge in [0.05, 0.1) is 16.5 Å². The van der Waals surface area contributed by atoms with Crippen LogP contribution in [0.15, 0.2) is 14.7 Å². The van der Waals surface area contributed by atoms with Crippen molar-refractivity contribution in [3.05, 3.63) is 14.7 Å². The Morgan fingerprint density at radius 1 is 1.53 bits per heavy atom. The monoisotopic (exact) mass is 370 g/mol. The van der Waals surface area contributed by atoms with Gasteiger partial charge in [-0.15, -0.1) is 11.3 Å². The van der Waals surface area contributed by atoms with E-state index in [1.165, 1.54) is 15.6 Å². The zero-order valence-corrected chi connectivity index (χ0v) is 14.4. The van der Waals surface area contributed by atoms with Gasteiger partial charge in [0.25, 0.3) is 0 Å². The molecule has 0 aromatic carbocycles. The molecular weight excluding hydrogens is 352 g/mol. The van der Waals surface area contributed by atoms with E-state index in [0.717, 1.165) is 4.88 Å². The predicted molar refractivity (Wildman–Crippen MR) is 80.8 cm³/mol. The largest absolute Gasteiger partial charge is 0.377 e. The first kappa shape index (κ1) is 17.1. The molecule has 8 heteroatoms. The van der Waals surface area contributed by atoms with Gasteiger partial charge in [-0.2, -0.15) is 4.31 Å². The fourth-order valence-corrected chi connectivity index (χ4v) is 5.04. The number of sulfonamides is 1. The van der Waals surface area contributed by atoms with E-state index in [1.807, 2.05) is 13.8 Å². The Labute approximate surface area is 126 Å². The van der Waals surface area contributed by atoms with E-state index in [0.29, 0.717) is 23.5 Å². The summed E-state index contributed by atoms with van der Waals surface area (Å²) in [5.74, 6) is 0. The lowest BCUT2D eigenvalue weighted by Gasteiger charge is -2.17. The molecule has 5 nitrogen and oxygen atoms in total. The van der Waals surface area contributed by atoms with Crippen LogP contribution in [0.1, 0.15) is 18.7 Å². The van der Waals surface area contributed by atoms with Gasteiger partial charge in [0.1, 0.15) is 4.90 Å². The lowest BCUT2D eigenvalue weighted by molar-refractivity contribution is 0.0737. The highest BCUT2D eigenvalue weighted by Crippen LogP contribution is 2.32. The fourth-order valence-electron chi connectivity index (χ4n) is 1.38. The van der Waals surface area contributed by atoms with Crippen molar-refractivity contribution in [3.63, 3.8) is 0 Å². The van der Waals surface area contributed by atoms with Gasteiger partial charge in [0, 0.05) is 25.0 Å². The Kier molecular flexibility index (Phi) is 6.41. The van der Waals surface area contributed by atoms with E-state index < -0.39 is 10.0 Å². The zero-order valence-electron chi connectivity index (χ0n) is 11.2. The molecule has 0 bridgehead atoms. The van der Waals surface area contributed by atoms with Crippen molar-refractivity contribution in [1.82, 2.24) is 4.31 Å². The van der Waals surface area contributed by atoms with Crippen LogP contribution in [0.25, 0.3) is 0 Å². The number of nitrogens with zero attached hydrogens (tertiary/aromatic N) is 1. The molecule has 0 spiro atoms. The molecule has 2 N–H and O–H groups in total. The molecule has 19 heavy (non-hydrogen) atoms. The minimum atomic E-state index is -3.50. The summed E-state index contributed by atoms with van der Waals surface area (Å²) in [6.07, 6.45) is 0.0906. The number of hydrogen-bond acceptors (Lipinski definition) is 5. The number of halogens is 1. The van der Waals surface area contributed by atoms with Crippen LogP contribution in [0.5, 0.6) is 0 Å². The molecule has 1 heterocycles. The van der Waals surface area contributed by atoms with Crippen LogP contribution in [0.2, 0.25) is 0 Å². The summed E-state index contributed by atoms with van der Waals surface area (Å²) >= 11 is 4.62. The maximum atomic E-state index is 12.4. The van der Waals surface area contributed by atoms with Crippen LogP contribution >= 0.6 is 27.3 Å². The molecule has 110 valence electrons. The molecule has 0 saturated carbocycles. The van der Waals surface area contributed by atoms with Gasteiger partial charge in [-0.3, -0.25) is 0 Å². The van der Waals surface area contributed by atoms with Crippen molar-refractivity contribution in [2.45, 2.75) is 31.4 Å². The Bertz CT molecular complexity index is 514. The second-order valence-electron chi connectivity index (χ2n) is 4.30. The smallest absolute Gasteiger partial charge is 0.244 e. The molecule has 0 atom stereocenters. The second kappa shape index (κ2) is 7.14. The van der Waals surface area contributed by atoms with Gasteiger partial charge in [-0.25, -0.2) is 8.42 Å². The summed E-state index contributed by atoms with van der Waals surface area (Å²) in [6.45, 7) is 4.85. The summed E-state index contributed by atoms with van der Waals surface area (Å²) in [6, 6.07) is 1.61. The third kappa shape index (κ3) is 4.51. The molecule has 0 amide bonds. The Hall–Kier alpha value is 0.01000. The highest BCUT2D eigenvalue weighted by atomic mass is 79.9. The molecule has 0 unspecified atom stereocenters. The van der Waals surface area contributed by atoms with Crippen LogP contribution in [-0.2, 0) is 21.3 Å². The van der Waals surface area contributed by atoms with Crippen molar-refractivity contribution >= 4 is 37.3 Å². The first-order valence-corrected chi connectivity index (χ1v) is 8.90. The van der Waals surface area contributed by atoms with E-state index in [4.69, 9.17) is 10.5 Å². The molecule has 0 aliphatic heterocycles. The average molecular weight is 371 g/mol. The third-order valence-corrected chi connectivity index (χ3v) is 6.58. The molecule has 0 fully saturated rings. The number of likely N-dealkylation sites (N-methyl/N-ethyl adjacent to an activating group) is 1. The standard InChI is InChI=1S/C11H19BrN2O3S2/c1-8(2)17-5-4-14(3)19(15,16)10-6-9(7-13)18-11(10)12/h6,8H,4-5,7,13H2,1-3H3. The number of hydrogen-bond donors (Lipinski definition) is 1. The van der Waals surface area contributed by atoms with Crippen molar-refractivity contribution in [1.29, 1.82) is 0 Å². The number of nitrogens with two attached hydrogens (primary N) is 1. The molecule has 1 aromatic rings. The van der Waals surface area contributed by atoms with E-state index in [2.05, 4.69) is 15.9 Å². The van der Waals surface area contributed by atoms with Crippen molar-refractivity contribution in [3.8, 4) is 0 Å². The van der Waals surface area contributed by atoms with Gasteiger partial charge in [0.15, 0.2) is 0 Å². The SMILES string of the molecule is CC(C)OCCN(C)S(=O)(=O)c1cc(CN)sc1Br. The Morgan fingerprint density at radius 2 is 2.16 bits per heavy atom. The minimum absolute atomic E-state index is 0.0906. The van der Waals surface area contributed by atoms with Crippen LogP contribution in [0.4, 0.5) is 0 Å². The Balaban J connectivity index is 2.81. The summed E-state index contributed by atoms with van der Waals surface area (Å²) in [5.41, 5.74) is 5.53. The maximum Gasteiger partial charge on any atom is 0.244 e. The highest BCUT2D eigenvalue weighted by Gasteiger charge is 2.25. The van der Waals surface area contributed by atoms with Gasteiger partial charge in [-0.1, -0.05) is 0 Å². The van der Waals surface area contributed by atoms with Crippen LogP contribution in [0, 0.1) is 0 Å². The van der Waals surface area contributed by atoms with Crippen molar-refractivity contribution in [2.75, 3.05) is 20.2 Å². The summed E-state index contributed by atoms with van der Waals surface area (Å²) in [7, 11) is -1.95. The number of rotatable bonds is 7. The molecular formula is C11H19BrN2O3S2. The number of thiophene rings is 1. The third-order valence-electron chi connectivity index (χ3n) is 2.45. The first-order chi connectivity index (χ1) is 8.78. The van der Waals surface area contributed by atoms with E-state index in [9.17, 15) is 8.42 Å². The first-order valence-electron chi connectivity index (χ1n) is 5.85. The van der Waals surface area contributed by atoms with Gasteiger partial charge in [-0.05, 0) is 35.8 Å². The average Bonchev–Trinajstić information content (AvgIpc) is 2.70. The molecule has 0 saturated heterocycles. The quantitative estimate of drug-likeness (QED) is 0.796. The molecule has 0 aliphatic carbocycles. The predicted octanol–water partition coefficient (Wildman–Crippen LogP) is 2.01. The zero-order chi connectivity index (χ0) is 14.6. The van der Waals surface area contributed by atoms with E-state index in [1.54, 1.807) is 13.1 Å². The number of ether oxygens (including phenoxy) is 1. The van der Waals surface area contributed by atoms with E-state index in [-0.39, 0.29) is 11.0 Å². The lowest BCUT2D eigenvalue weighted by Crippen LogP contribution is -2.30. The minimum Gasteiger partial charge on any atom is -0.377 e. The molecule has 1 aromatic heterocycles. The van der Waals surface area contributed by atoms with Crippen molar-refractivity contribution in [2.24, 2.45) is 5.73 Å². The summed E-state index contributed by atoms with van der Waals surface area (Å²) in [5, 5.41) is 0. The topological polar surface area (TPSA) is 72.6 Å². The molecule has 0 radical (unpaired) electrons. The maximum absolute atomic E-state index is 12.4. The van der Waals surface area contributed by atoms with Gasteiger partial charge >= 0.3 is 0 Å². The summed E-state index contributed by atoms with van der Waals surface area (Å²) in [4.78, 5) is 1.10. The normalized spacial score (nSPS) is 12.6. The molecule has 1 rings (SSSR count). The van der Waals surface area contributed by atoms with Crippen LogP contribution < -0.4 is 5.73 Å². The fraction of sp³-hybridized carbons (Fsp3) is 0.636. The van der Waals surface area contributed by atoms with E-state index >= 15 is 0 Å². The van der Waals surface area contributed by atoms with Crippen molar-refractivity contribution < 1.29 is 13.2 Å². The van der Waals surface area contributed by atoms with Gasteiger partial charge < -0.3 is 10.5 Å². The lowest BCUT2D eigenvalue weighted by atomic mass is 10.5.